The third-order valence-electron chi connectivity index (χ3n) is 5.23. The third-order valence-corrected chi connectivity index (χ3v) is 5.23. The molecule has 176 valence electrons. The van der Waals surface area contributed by atoms with Gasteiger partial charge in [-0.05, 0) is 49.8 Å². The number of rotatable bonds is 13. The van der Waals surface area contributed by atoms with Gasteiger partial charge in [-0.1, -0.05) is 25.0 Å². The van der Waals surface area contributed by atoms with Crippen molar-refractivity contribution < 1.29 is 14.3 Å². The number of hydrogen-bond donors (Lipinski definition) is 3. The van der Waals surface area contributed by atoms with E-state index in [4.69, 9.17) is 9.47 Å². The number of guanidine groups is 1. The maximum atomic E-state index is 12.1. The Morgan fingerprint density at radius 2 is 1.74 bits per heavy atom. The average Bonchev–Trinajstić information content (AvgIpc) is 3.27. The van der Waals surface area contributed by atoms with Crippen LogP contribution in [0.2, 0.25) is 0 Å². The van der Waals surface area contributed by atoms with Crippen LogP contribution in [0.3, 0.4) is 0 Å². The molecule has 0 unspecified atom stereocenters. The van der Waals surface area contributed by atoms with Gasteiger partial charge in [-0.15, -0.1) is 24.0 Å². The first-order chi connectivity index (χ1) is 14.7. The summed E-state index contributed by atoms with van der Waals surface area (Å²) in [6.45, 7) is 6.03. The first-order valence-electron chi connectivity index (χ1n) is 11.2. The number of nitrogens with zero attached hydrogens (tertiary/aromatic N) is 1. The molecule has 1 saturated carbocycles. The number of amides is 1. The Morgan fingerprint density at radius 3 is 2.42 bits per heavy atom. The van der Waals surface area contributed by atoms with Crippen molar-refractivity contribution in [3.05, 3.63) is 29.8 Å². The molecule has 0 aliphatic heterocycles. The number of ether oxygens (including phenoxy) is 2. The summed E-state index contributed by atoms with van der Waals surface area (Å²) in [5, 5.41) is 9.67. The first-order valence-corrected chi connectivity index (χ1v) is 11.2. The van der Waals surface area contributed by atoms with Crippen LogP contribution in [0.25, 0.3) is 0 Å². The molecular weight excluding hydrogens is 507 g/mol. The molecular formula is C23H39IN4O3. The number of carbonyl (C=O) groups excluding carboxylic acids is 1. The predicted octanol–water partition coefficient (Wildman–Crippen LogP) is 3.47. The second-order valence-electron chi connectivity index (χ2n) is 7.62. The highest BCUT2D eigenvalue weighted by Gasteiger charge is 2.17. The van der Waals surface area contributed by atoms with Crippen LogP contribution in [0.4, 0.5) is 0 Å². The highest BCUT2D eigenvalue weighted by atomic mass is 127. The van der Waals surface area contributed by atoms with Gasteiger partial charge < -0.3 is 25.4 Å². The minimum absolute atomic E-state index is 0. The zero-order valence-corrected chi connectivity index (χ0v) is 21.3. The molecule has 1 aromatic rings. The van der Waals surface area contributed by atoms with Crippen LogP contribution in [0, 0.1) is 5.92 Å². The fourth-order valence-corrected chi connectivity index (χ4v) is 3.53. The molecule has 3 N–H and O–H groups in total. The summed E-state index contributed by atoms with van der Waals surface area (Å²) in [5.74, 6) is 2.31. The molecule has 1 aromatic carbocycles. The minimum atomic E-state index is 0. The molecule has 31 heavy (non-hydrogen) atoms. The largest absolute Gasteiger partial charge is 0.497 e. The highest BCUT2D eigenvalue weighted by Crippen LogP contribution is 2.27. The van der Waals surface area contributed by atoms with Crippen LogP contribution in [0.5, 0.6) is 5.75 Å². The second-order valence-corrected chi connectivity index (χ2v) is 7.62. The van der Waals surface area contributed by atoms with Crippen molar-refractivity contribution in [2.75, 3.05) is 40.0 Å². The summed E-state index contributed by atoms with van der Waals surface area (Å²) in [4.78, 5) is 16.7. The van der Waals surface area contributed by atoms with E-state index in [9.17, 15) is 4.79 Å². The van der Waals surface area contributed by atoms with E-state index in [0.717, 1.165) is 43.5 Å². The Labute approximate surface area is 204 Å². The standard InChI is InChI=1S/C23H38N4O3.HI/c1-3-30-16-6-13-25-23(27-18-20-9-11-21(29-2)12-10-20)26-15-14-24-22(28)17-19-7-4-5-8-19;/h9-12,19H,3-8,13-18H2,1-2H3,(H,24,28)(H2,25,26,27);1H. The molecule has 0 radical (unpaired) electrons. The number of halogens is 1. The molecule has 0 heterocycles. The zero-order chi connectivity index (χ0) is 21.4. The molecule has 0 bridgehead atoms. The van der Waals surface area contributed by atoms with Gasteiger partial charge in [0.2, 0.25) is 5.91 Å². The van der Waals surface area contributed by atoms with Crippen LogP contribution >= 0.6 is 24.0 Å². The number of methoxy groups -OCH3 is 1. The molecule has 0 atom stereocenters. The Bertz CT molecular complexity index is 634. The molecule has 0 spiro atoms. The predicted molar refractivity (Wildman–Crippen MR) is 136 cm³/mol. The molecule has 1 fully saturated rings. The van der Waals surface area contributed by atoms with Gasteiger partial charge in [-0.25, -0.2) is 4.99 Å². The quantitative estimate of drug-likeness (QED) is 0.153. The molecule has 8 heteroatoms. The van der Waals surface area contributed by atoms with E-state index >= 15 is 0 Å². The fourth-order valence-electron chi connectivity index (χ4n) is 3.53. The van der Waals surface area contributed by atoms with Crippen LogP contribution in [-0.4, -0.2) is 51.8 Å². The molecule has 7 nitrogen and oxygen atoms in total. The van der Waals surface area contributed by atoms with Gasteiger partial charge >= 0.3 is 0 Å². The van der Waals surface area contributed by atoms with Crippen molar-refractivity contribution in [1.82, 2.24) is 16.0 Å². The lowest BCUT2D eigenvalue weighted by molar-refractivity contribution is -0.121. The maximum absolute atomic E-state index is 12.1. The second kappa shape index (κ2) is 17.1. The maximum Gasteiger partial charge on any atom is 0.220 e. The number of nitrogens with one attached hydrogen (secondary N) is 3. The lowest BCUT2D eigenvalue weighted by atomic mass is 10.0. The van der Waals surface area contributed by atoms with E-state index in [-0.39, 0.29) is 29.9 Å². The van der Waals surface area contributed by atoms with Gasteiger partial charge in [0.15, 0.2) is 5.96 Å². The van der Waals surface area contributed by atoms with E-state index in [1.807, 2.05) is 31.2 Å². The summed E-state index contributed by atoms with van der Waals surface area (Å²) in [7, 11) is 1.66. The molecule has 2 rings (SSSR count). The smallest absolute Gasteiger partial charge is 0.220 e. The van der Waals surface area contributed by atoms with Crippen LogP contribution < -0.4 is 20.7 Å². The summed E-state index contributed by atoms with van der Waals surface area (Å²) >= 11 is 0. The average molecular weight is 546 g/mol. The Balaban J connectivity index is 0.00000480. The lowest BCUT2D eigenvalue weighted by Crippen LogP contribution is -2.42. The Morgan fingerprint density at radius 1 is 1.06 bits per heavy atom. The number of carbonyl (C=O) groups is 1. The highest BCUT2D eigenvalue weighted by molar-refractivity contribution is 14.0. The molecule has 0 aromatic heterocycles. The molecule has 1 aliphatic rings. The van der Waals surface area contributed by atoms with Gasteiger partial charge in [-0.3, -0.25) is 4.79 Å². The Kier molecular flexibility index (Phi) is 15.1. The normalized spacial score (nSPS) is 14.1. The SMILES string of the molecule is CCOCCCNC(=NCc1ccc(OC)cc1)NCCNC(=O)CC1CCCC1.I. The van der Waals surface area contributed by atoms with E-state index in [2.05, 4.69) is 20.9 Å². The van der Waals surface area contributed by atoms with Gasteiger partial charge in [0.05, 0.1) is 13.7 Å². The summed E-state index contributed by atoms with van der Waals surface area (Å²) in [6, 6.07) is 7.90. The zero-order valence-electron chi connectivity index (χ0n) is 19.0. The molecule has 0 saturated heterocycles. The van der Waals surface area contributed by atoms with Crippen molar-refractivity contribution in [1.29, 1.82) is 0 Å². The van der Waals surface area contributed by atoms with Crippen molar-refractivity contribution in [3.8, 4) is 5.75 Å². The van der Waals surface area contributed by atoms with Crippen molar-refractivity contribution in [3.63, 3.8) is 0 Å². The van der Waals surface area contributed by atoms with Gasteiger partial charge in [0.1, 0.15) is 5.75 Å². The molecule has 1 aliphatic carbocycles. The number of aliphatic imine (C=N–C) groups is 1. The van der Waals surface area contributed by atoms with Crippen LogP contribution in [0.15, 0.2) is 29.3 Å². The molecule has 1 amide bonds. The monoisotopic (exact) mass is 546 g/mol. The third kappa shape index (κ3) is 12.2. The lowest BCUT2D eigenvalue weighted by Gasteiger charge is -2.14. The summed E-state index contributed by atoms with van der Waals surface area (Å²) in [6.07, 6.45) is 6.49. The summed E-state index contributed by atoms with van der Waals surface area (Å²) in [5.41, 5.74) is 1.11. The van der Waals surface area contributed by atoms with Crippen LogP contribution in [0.1, 0.15) is 51.0 Å². The van der Waals surface area contributed by atoms with E-state index in [0.29, 0.717) is 32.0 Å². The topological polar surface area (TPSA) is 84.0 Å². The minimum Gasteiger partial charge on any atom is -0.497 e. The van der Waals surface area contributed by atoms with Gasteiger partial charge in [-0.2, -0.15) is 0 Å². The van der Waals surface area contributed by atoms with Gasteiger partial charge in [0, 0.05) is 39.3 Å². The van der Waals surface area contributed by atoms with Crippen molar-refractivity contribution in [2.45, 2.75) is 52.0 Å². The van der Waals surface area contributed by atoms with E-state index < -0.39 is 0 Å². The fraction of sp³-hybridized carbons (Fsp3) is 0.652. The summed E-state index contributed by atoms with van der Waals surface area (Å²) < 4.78 is 10.6. The number of benzene rings is 1. The van der Waals surface area contributed by atoms with Crippen molar-refractivity contribution >= 4 is 35.8 Å². The first kappa shape index (κ1) is 27.5. The van der Waals surface area contributed by atoms with E-state index in [1.165, 1.54) is 25.7 Å². The van der Waals surface area contributed by atoms with Gasteiger partial charge in [0.25, 0.3) is 0 Å². The van der Waals surface area contributed by atoms with Crippen LogP contribution in [-0.2, 0) is 16.1 Å². The number of hydrogen-bond acceptors (Lipinski definition) is 4. The van der Waals surface area contributed by atoms with Crippen molar-refractivity contribution in [2.24, 2.45) is 10.9 Å². The Hall–Kier alpha value is -1.55. The van der Waals surface area contributed by atoms with E-state index in [1.54, 1.807) is 7.11 Å².